The standard InChI is InChI=1S/C10H10ClNO2S/c11-4-8-7-15-10(12-8)6-13-5-9-2-1-3-14-9/h1-3,7H,4-6H2. The lowest BCUT2D eigenvalue weighted by Crippen LogP contribution is -1.92. The number of hydrogen-bond donors (Lipinski definition) is 0. The van der Waals surface area contributed by atoms with E-state index in [4.69, 9.17) is 20.8 Å². The molecule has 0 saturated heterocycles. The van der Waals surface area contributed by atoms with E-state index in [1.807, 2.05) is 17.5 Å². The average Bonchev–Trinajstić information content (AvgIpc) is 2.88. The minimum atomic E-state index is 0.453. The molecule has 0 radical (unpaired) electrons. The summed E-state index contributed by atoms with van der Waals surface area (Å²) in [4.78, 5) is 4.28. The summed E-state index contributed by atoms with van der Waals surface area (Å²) in [7, 11) is 0. The van der Waals surface area contributed by atoms with E-state index in [-0.39, 0.29) is 0 Å². The van der Waals surface area contributed by atoms with Crippen molar-refractivity contribution in [3.63, 3.8) is 0 Å². The van der Waals surface area contributed by atoms with Gasteiger partial charge in [0, 0.05) is 5.38 Å². The van der Waals surface area contributed by atoms with Gasteiger partial charge >= 0.3 is 0 Å². The Bertz CT molecular complexity index is 399. The number of nitrogens with zero attached hydrogens (tertiary/aromatic N) is 1. The van der Waals surface area contributed by atoms with Crippen LogP contribution in [0.3, 0.4) is 0 Å². The zero-order valence-corrected chi connectivity index (χ0v) is 9.55. The van der Waals surface area contributed by atoms with Gasteiger partial charge in [0.2, 0.25) is 0 Å². The number of thiazole rings is 1. The molecule has 15 heavy (non-hydrogen) atoms. The van der Waals surface area contributed by atoms with Crippen molar-refractivity contribution in [3.8, 4) is 0 Å². The summed E-state index contributed by atoms with van der Waals surface area (Å²) < 4.78 is 10.6. The number of halogens is 1. The molecule has 0 spiro atoms. The Morgan fingerprint density at radius 1 is 1.47 bits per heavy atom. The van der Waals surface area contributed by atoms with Gasteiger partial charge in [0.25, 0.3) is 0 Å². The highest BCUT2D eigenvalue weighted by Gasteiger charge is 2.02. The van der Waals surface area contributed by atoms with E-state index in [0.29, 0.717) is 19.1 Å². The van der Waals surface area contributed by atoms with Crippen molar-refractivity contribution in [1.29, 1.82) is 0 Å². The van der Waals surface area contributed by atoms with Crippen molar-refractivity contribution in [2.75, 3.05) is 0 Å². The Labute approximate surface area is 96.7 Å². The highest BCUT2D eigenvalue weighted by Crippen LogP contribution is 2.13. The van der Waals surface area contributed by atoms with Crippen molar-refractivity contribution in [2.45, 2.75) is 19.1 Å². The summed E-state index contributed by atoms with van der Waals surface area (Å²) in [6.07, 6.45) is 1.63. The summed E-state index contributed by atoms with van der Waals surface area (Å²) in [5.74, 6) is 1.28. The van der Waals surface area contributed by atoms with Gasteiger partial charge in [-0.3, -0.25) is 0 Å². The van der Waals surface area contributed by atoms with Crippen LogP contribution in [0, 0.1) is 0 Å². The molecule has 0 saturated carbocycles. The topological polar surface area (TPSA) is 35.3 Å². The molecule has 0 amide bonds. The van der Waals surface area contributed by atoms with Crippen LogP contribution in [0.4, 0.5) is 0 Å². The molecule has 0 aliphatic heterocycles. The van der Waals surface area contributed by atoms with Crippen LogP contribution in [-0.2, 0) is 23.8 Å². The number of ether oxygens (including phenoxy) is 1. The smallest absolute Gasteiger partial charge is 0.129 e. The second-order valence-corrected chi connectivity index (χ2v) is 4.15. The van der Waals surface area contributed by atoms with Crippen LogP contribution in [0.2, 0.25) is 0 Å². The fourth-order valence-electron chi connectivity index (χ4n) is 1.11. The molecular formula is C10H10ClNO2S. The zero-order valence-electron chi connectivity index (χ0n) is 7.98. The molecule has 0 aliphatic carbocycles. The highest BCUT2D eigenvalue weighted by atomic mass is 35.5. The van der Waals surface area contributed by atoms with Gasteiger partial charge in [-0.05, 0) is 12.1 Å². The summed E-state index contributed by atoms with van der Waals surface area (Å²) in [6.45, 7) is 0.977. The van der Waals surface area contributed by atoms with Gasteiger partial charge < -0.3 is 9.15 Å². The van der Waals surface area contributed by atoms with Gasteiger partial charge in [-0.15, -0.1) is 22.9 Å². The van der Waals surface area contributed by atoms with E-state index < -0.39 is 0 Å². The highest BCUT2D eigenvalue weighted by molar-refractivity contribution is 7.09. The molecule has 0 bridgehead atoms. The van der Waals surface area contributed by atoms with Crippen molar-refractivity contribution in [2.24, 2.45) is 0 Å². The molecule has 0 atom stereocenters. The maximum absolute atomic E-state index is 5.64. The molecule has 0 N–H and O–H groups in total. The molecule has 0 aromatic carbocycles. The normalized spacial score (nSPS) is 10.7. The van der Waals surface area contributed by atoms with Crippen molar-refractivity contribution in [3.05, 3.63) is 40.2 Å². The maximum atomic E-state index is 5.64. The Kier molecular flexibility index (Phi) is 3.77. The Balaban J connectivity index is 1.78. The fraction of sp³-hybridized carbons (Fsp3) is 0.300. The molecular weight excluding hydrogens is 234 g/mol. The van der Waals surface area contributed by atoms with Crippen LogP contribution < -0.4 is 0 Å². The molecule has 0 fully saturated rings. The van der Waals surface area contributed by atoms with E-state index in [2.05, 4.69) is 4.98 Å². The number of alkyl halides is 1. The third-order valence-corrected chi connectivity index (χ3v) is 2.93. The van der Waals surface area contributed by atoms with Gasteiger partial charge in [0.15, 0.2) is 0 Å². The molecule has 0 aliphatic rings. The van der Waals surface area contributed by atoms with Gasteiger partial charge in [0.1, 0.15) is 17.4 Å². The second kappa shape index (κ2) is 5.30. The van der Waals surface area contributed by atoms with Crippen molar-refractivity contribution < 1.29 is 9.15 Å². The Morgan fingerprint density at radius 3 is 3.07 bits per heavy atom. The van der Waals surface area contributed by atoms with E-state index in [9.17, 15) is 0 Å². The molecule has 2 heterocycles. The molecule has 5 heteroatoms. The number of furan rings is 1. The largest absolute Gasteiger partial charge is 0.467 e. The third kappa shape index (κ3) is 3.06. The first-order valence-corrected chi connectivity index (χ1v) is 5.89. The van der Waals surface area contributed by atoms with Gasteiger partial charge in [-0.2, -0.15) is 0 Å². The predicted molar refractivity (Wildman–Crippen MR) is 58.9 cm³/mol. The monoisotopic (exact) mass is 243 g/mol. The van der Waals surface area contributed by atoms with Gasteiger partial charge in [-0.1, -0.05) is 0 Å². The predicted octanol–water partition coefficient (Wildman–Crippen LogP) is 3.19. The number of rotatable bonds is 5. The number of aromatic nitrogens is 1. The molecule has 2 aromatic rings. The third-order valence-electron chi connectivity index (χ3n) is 1.79. The fourth-order valence-corrected chi connectivity index (χ4v) is 2.07. The van der Waals surface area contributed by atoms with Crippen LogP contribution in [-0.4, -0.2) is 4.98 Å². The first-order valence-electron chi connectivity index (χ1n) is 4.48. The van der Waals surface area contributed by atoms with Crippen molar-refractivity contribution in [1.82, 2.24) is 4.98 Å². The SMILES string of the molecule is ClCc1csc(COCc2ccco2)n1. The van der Waals surface area contributed by atoms with Gasteiger partial charge in [0.05, 0.1) is 24.4 Å². The van der Waals surface area contributed by atoms with E-state index in [1.165, 1.54) is 0 Å². The quantitative estimate of drug-likeness (QED) is 0.757. The molecule has 3 nitrogen and oxygen atoms in total. The molecule has 2 rings (SSSR count). The van der Waals surface area contributed by atoms with Gasteiger partial charge in [-0.25, -0.2) is 4.98 Å². The number of hydrogen-bond acceptors (Lipinski definition) is 4. The first-order chi connectivity index (χ1) is 7.38. The Morgan fingerprint density at radius 2 is 2.40 bits per heavy atom. The average molecular weight is 244 g/mol. The van der Waals surface area contributed by atoms with E-state index >= 15 is 0 Å². The summed E-state index contributed by atoms with van der Waals surface area (Å²) >= 11 is 7.20. The second-order valence-electron chi connectivity index (χ2n) is 2.94. The summed E-state index contributed by atoms with van der Waals surface area (Å²) in [5, 5.41) is 2.88. The first kappa shape index (κ1) is 10.7. The maximum Gasteiger partial charge on any atom is 0.129 e. The lowest BCUT2D eigenvalue weighted by molar-refractivity contribution is 0.0927. The lowest BCUT2D eigenvalue weighted by atomic mass is 10.5. The van der Waals surface area contributed by atoms with Crippen LogP contribution >= 0.6 is 22.9 Å². The van der Waals surface area contributed by atoms with Crippen LogP contribution in [0.5, 0.6) is 0 Å². The van der Waals surface area contributed by atoms with Crippen LogP contribution in [0.1, 0.15) is 16.5 Å². The molecule has 0 unspecified atom stereocenters. The minimum absolute atomic E-state index is 0.453. The summed E-state index contributed by atoms with van der Waals surface area (Å²) in [6, 6.07) is 3.72. The van der Waals surface area contributed by atoms with E-state index in [0.717, 1.165) is 16.5 Å². The Hall–Kier alpha value is -0.840. The summed E-state index contributed by atoms with van der Waals surface area (Å²) in [5.41, 5.74) is 0.901. The van der Waals surface area contributed by atoms with E-state index in [1.54, 1.807) is 17.6 Å². The zero-order chi connectivity index (χ0) is 10.5. The van der Waals surface area contributed by atoms with Crippen molar-refractivity contribution >= 4 is 22.9 Å². The minimum Gasteiger partial charge on any atom is -0.467 e. The van der Waals surface area contributed by atoms with Crippen LogP contribution in [0.25, 0.3) is 0 Å². The molecule has 2 aromatic heterocycles. The molecule has 80 valence electrons. The van der Waals surface area contributed by atoms with Crippen LogP contribution in [0.15, 0.2) is 28.2 Å². The lowest BCUT2D eigenvalue weighted by Gasteiger charge is -1.98.